The van der Waals surface area contributed by atoms with Crippen molar-refractivity contribution in [3.63, 3.8) is 0 Å². The summed E-state index contributed by atoms with van der Waals surface area (Å²) in [5.41, 5.74) is 0. The number of carbonyl (C=O) groups is 1. The third-order valence-corrected chi connectivity index (χ3v) is 3.71. The van der Waals surface area contributed by atoms with Gasteiger partial charge in [-0.3, -0.25) is 9.69 Å². The molecule has 0 saturated carbocycles. The van der Waals surface area contributed by atoms with Crippen LogP contribution in [0, 0.1) is 0 Å². The number of nitrogens with zero attached hydrogens (tertiary/aromatic N) is 1. The molecule has 0 aromatic heterocycles. The van der Waals surface area contributed by atoms with E-state index < -0.39 is 0 Å². The van der Waals surface area contributed by atoms with Gasteiger partial charge >= 0.3 is 5.97 Å². The molecule has 2 aliphatic rings. The molecule has 2 aliphatic heterocycles. The molecular formula is C13H23NO3. The van der Waals surface area contributed by atoms with E-state index in [0.717, 1.165) is 45.4 Å². The Hall–Kier alpha value is -0.610. The van der Waals surface area contributed by atoms with Crippen LogP contribution in [0.3, 0.4) is 0 Å². The summed E-state index contributed by atoms with van der Waals surface area (Å²) in [6, 6.07) is 0.383. The van der Waals surface area contributed by atoms with Gasteiger partial charge in [-0.15, -0.1) is 0 Å². The molecule has 0 aliphatic carbocycles. The maximum Gasteiger partial charge on any atom is 0.323 e. The standard InChI is InChI=1S/C13H23NO3/c1-2-17-13(15)12-7-3-4-8-14(12)11-6-5-9-16-10-11/h11-12H,2-10H2,1H3. The predicted octanol–water partition coefficient (Wildman–Crippen LogP) is 1.58. The zero-order valence-corrected chi connectivity index (χ0v) is 10.7. The molecule has 2 saturated heterocycles. The third-order valence-electron chi connectivity index (χ3n) is 3.71. The summed E-state index contributed by atoms with van der Waals surface area (Å²) in [5, 5.41) is 0. The molecule has 0 N–H and O–H groups in total. The largest absolute Gasteiger partial charge is 0.465 e. The van der Waals surface area contributed by atoms with Crippen LogP contribution in [0.2, 0.25) is 0 Å². The van der Waals surface area contributed by atoms with E-state index >= 15 is 0 Å². The van der Waals surface area contributed by atoms with Crippen LogP contribution in [0.25, 0.3) is 0 Å². The number of ether oxygens (including phenoxy) is 2. The fourth-order valence-corrected chi connectivity index (χ4v) is 2.87. The lowest BCUT2D eigenvalue weighted by Crippen LogP contribution is -2.53. The van der Waals surface area contributed by atoms with E-state index in [-0.39, 0.29) is 12.0 Å². The highest BCUT2D eigenvalue weighted by Crippen LogP contribution is 2.24. The van der Waals surface area contributed by atoms with Gasteiger partial charge in [0.1, 0.15) is 6.04 Å². The Labute approximate surface area is 103 Å². The average Bonchev–Trinajstić information content (AvgIpc) is 2.40. The summed E-state index contributed by atoms with van der Waals surface area (Å²) in [6.45, 7) is 5.00. The molecule has 4 heteroatoms. The molecule has 0 radical (unpaired) electrons. The molecule has 17 heavy (non-hydrogen) atoms. The topological polar surface area (TPSA) is 38.8 Å². The van der Waals surface area contributed by atoms with E-state index in [1.807, 2.05) is 6.92 Å². The van der Waals surface area contributed by atoms with Crippen molar-refractivity contribution in [1.82, 2.24) is 4.90 Å². The number of piperidine rings is 1. The lowest BCUT2D eigenvalue weighted by Gasteiger charge is -2.41. The Morgan fingerprint density at radius 2 is 2.24 bits per heavy atom. The van der Waals surface area contributed by atoms with Crippen molar-refractivity contribution < 1.29 is 14.3 Å². The van der Waals surface area contributed by atoms with Gasteiger partial charge in [-0.25, -0.2) is 0 Å². The van der Waals surface area contributed by atoms with Crippen molar-refractivity contribution in [2.75, 3.05) is 26.4 Å². The predicted molar refractivity (Wildman–Crippen MR) is 64.8 cm³/mol. The van der Waals surface area contributed by atoms with Crippen molar-refractivity contribution in [2.24, 2.45) is 0 Å². The van der Waals surface area contributed by atoms with E-state index in [0.29, 0.717) is 12.6 Å². The van der Waals surface area contributed by atoms with E-state index in [2.05, 4.69) is 4.90 Å². The summed E-state index contributed by atoms with van der Waals surface area (Å²) >= 11 is 0. The molecule has 2 unspecified atom stereocenters. The zero-order valence-electron chi connectivity index (χ0n) is 10.7. The Morgan fingerprint density at radius 1 is 1.35 bits per heavy atom. The minimum Gasteiger partial charge on any atom is -0.465 e. The Kier molecular flexibility index (Phi) is 4.80. The van der Waals surface area contributed by atoms with Crippen molar-refractivity contribution in [1.29, 1.82) is 0 Å². The second-order valence-corrected chi connectivity index (χ2v) is 4.87. The van der Waals surface area contributed by atoms with E-state index in [4.69, 9.17) is 9.47 Å². The van der Waals surface area contributed by atoms with Gasteiger partial charge in [0.25, 0.3) is 0 Å². The van der Waals surface area contributed by atoms with Gasteiger partial charge in [-0.2, -0.15) is 0 Å². The molecule has 2 rings (SSSR count). The molecule has 2 atom stereocenters. The van der Waals surface area contributed by atoms with Crippen LogP contribution >= 0.6 is 0 Å². The van der Waals surface area contributed by atoms with Gasteiger partial charge in [-0.1, -0.05) is 6.42 Å². The number of carbonyl (C=O) groups excluding carboxylic acids is 1. The summed E-state index contributed by atoms with van der Waals surface area (Å²) in [4.78, 5) is 14.3. The molecule has 0 spiro atoms. The SMILES string of the molecule is CCOC(=O)C1CCCCN1C1CCCOC1. The number of likely N-dealkylation sites (tertiary alicyclic amines) is 1. The van der Waals surface area contributed by atoms with Crippen molar-refractivity contribution in [3.05, 3.63) is 0 Å². The molecule has 98 valence electrons. The summed E-state index contributed by atoms with van der Waals surface area (Å²) in [6.07, 6.45) is 5.52. The fourth-order valence-electron chi connectivity index (χ4n) is 2.87. The maximum absolute atomic E-state index is 11.9. The first-order chi connectivity index (χ1) is 8.33. The Morgan fingerprint density at radius 3 is 2.94 bits per heavy atom. The highest BCUT2D eigenvalue weighted by molar-refractivity contribution is 5.75. The minimum atomic E-state index is -0.0437. The molecule has 2 heterocycles. The summed E-state index contributed by atoms with van der Waals surface area (Å²) in [5.74, 6) is -0.0437. The van der Waals surface area contributed by atoms with Gasteiger partial charge in [0.15, 0.2) is 0 Å². The number of rotatable bonds is 3. The molecule has 0 bridgehead atoms. The molecule has 2 fully saturated rings. The maximum atomic E-state index is 11.9. The van der Waals surface area contributed by atoms with Crippen molar-refractivity contribution >= 4 is 5.97 Å². The van der Waals surface area contributed by atoms with Gasteiger partial charge in [0.2, 0.25) is 0 Å². The Balaban J connectivity index is 1.97. The summed E-state index contributed by atoms with van der Waals surface area (Å²) in [7, 11) is 0. The quantitative estimate of drug-likeness (QED) is 0.703. The second kappa shape index (κ2) is 6.36. The van der Waals surface area contributed by atoms with Gasteiger partial charge in [0.05, 0.1) is 13.2 Å². The van der Waals surface area contributed by atoms with Crippen LogP contribution in [-0.4, -0.2) is 49.3 Å². The molecule has 0 aromatic rings. The first-order valence-electron chi connectivity index (χ1n) is 6.83. The van der Waals surface area contributed by atoms with Crippen LogP contribution in [-0.2, 0) is 14.3 Å². The molecule has 0 amide bonds. The van der Waals surface area contributed by atoms with Crippen LogP contribution in [0.1, 0.15) is 39.0 Å². The fraction of sp³-hybridized carbons (Fsp3) is 0.923. The minimum absolute atomic E-state index is 0.0320. The highest BCUT2D eigenvalue weighted by atomic mass is 16.5. The number of hydrogen-bond acceptors (Lipinski definition) is 4. The van der Waals surface area contributed by atoms with Crippen LogP contribution in [0.15, 0.2) is 0 Å². The lowest BCUT2D eigenvalue weighted by molar-refractivity contribution is -0.153. The zero-order chi connectivity index (χ0) is 12.1. The van der Waals surface area contributed by atoms with Crippen molar-refractivity contribution in [3.8, 4) is 0 Å². The third kappa shape index (κ3) is 3.19. The molecule has 4 nitrogen and oxygen atoms in total. The van der Waals surface area contributed by atoms with Crippen molar-refractivity contribution in [2.45, 2.75) is 51.1 Å². The first kappa shape index (κ1) is 12.8. The van der Waals surface area contributed by atoms with Gasteiger partial charge in [-0.05, 0) is 39.2 Å². The smallest absolute Gasteiger partial charge is 0.323 e. The van der Waals surface area contributed by atoms with Crippen LogP contribution in [0.5, 0.6) is 0 Å². The molecule has 0 aromatic carbocycles. The summed E-state index contributed by atoms with van der Waals surface area (Å²) < 4.78 is 10.7. The lowest BCUT2D eigenvalue weighted by atomic mass is 9.97. The second-order valence-electron chi connectivity index (χ2n) is 4.87. The van der Waals surface area contributed by atoms with E-state index in [1.54, 1.807) is 0 Å². The van der Waals surface area contributed by atoms with E-state index in [1.165, 1.54) is 6.42 Å². The van der Waals surface area contributed by atoms with E-state index in [9.17, 15) is 4.79 Å². The number of esters is 1. The Bertz CT molecular complexity index is 251. The molecular weight excluding hydrogens is 218 g/mol. The van der Waals surface area contributed by atoms with Gasteiger partial charge < -0.3 is 9.47 Å². The first-order valence-corrected chi connectivity index (χ1v) is 6.83. The number of hydrogen-bond donors (Lipinski definition) is 0. The highest BCUT2D eigenvalue weighted by Gasteiger charge is 2.35. The van der Waals surface area contributed by atoms with Gasteiger partial charge in [0, 0.05) is 12.6 Å². The van der Waals surface area contributed by atoms with Crippen LogP contribution in [0.4, 0.5) is 0 Å². The average molecular weight is 241 g/mol. The normalized spacial score (nSPS) is 31.1. The van der Waals surface area contributed by atoms with Crippen LogP contribution < -0.4 is 0 Å². The monoisotopic (exact) mass is 241 g/mol.